The average molecular weight is 1480 g/mol. The molecule has 0 aliphatic carbocycles. The van der Waals surface area contributed by atoms with Gasteiger partial charge >= 0.3 is 18.2 Å². The Morgan fingerprint density at radius 2 is 1.39 bits per heavy atom. The highest BCUT2D eigenvalue weighted by Crippen LogP contribution is 2.31. The third-order valence-electron chi connectivity index (χ3n) is 18.2. The molecular formula is C73H115N13O17S. The summed E-state index contributed by atoms with van der Waals surface area (Å²) in [5, 5.41) is 46.3. The van der Waals surface area contributed by atoms with Crippen LogP contribution in [0, 0.1) is 30.6 Å². The number of rotatable bonds is 41. The summed E-state index contributed by atoms with van der Waals surface area (Å²) in [6.45, 7) is 22.1. The molecule has 2 heterocycles. The van der Waals surface area contributed by atoms with Crippen LogP contribution < -0.4 is 53.6 Å². The van der Waals surface area contributed by atoms with Gasteiger partial charge < -0.3 is 92.5 Å². The monoisotopic (exact) mass is 1480 g/mol. The summed E-state index contributed by atoms with van der Waals surface area (Å²) in [6, 6.07) is 7.11. The second-order valence-corrected chi connectivity index (χ2v) is 29.8. The normalized spacial score (nSPS) is 16.3. The van der Waals surface area contributed by atoms with E-state index >= 15 is 0 Å². The summed E-state index contributed by atoms with van der Waals surface area (Å²) in [7, 11) is 4.67. The lowest BCUT2D eigenvalue weighted by Crippen LogP contribution is -2.62. The summed E-state index contributed by atoms with van der Waals surface area (Å²) < 4.78 is 23.0. The van der Waals surface area contributed by atoms with Gasteiger partial charge in [-0.05, 0) is 134 Å². The van der Waals surface area contributed by atoms with Crippen molar-refractivity contribution in [2.75, 3.05) is 52.8 Å². The van der Waals surface area contributed by atoms with Gasteiger partial charge in [0.15, 0.2) is 6.10 Å². The highest BCUT2D eigenvalue weighted by molar-refractivity contribution is 7.09. The number of alkyl carbamates (subject to hydrolysis) is 2. The van der Waals surface area contributed by atoms with Gasteiger partial charge in [0, 0.05) is 58.2 Å². The molecule has 31 heteroatoms. The first-order valence-corrected chi connectivity index (χ1v) is 36.6. The quantitative estimate of drug-likeness (QED) is 0.0326. The molecular weight excluding hydrogens is 1360 g/mol. The lowest BCUT2D eigenvalue weighted by Gasteiger charge is -2.41. The number of aromatic nitrogens is 1. The van der Waals surface area contributed by atoms with Crippen molar-refractivity contribution in [2.24, 2.45) is 29.4 Å². The lowest BCUT2D eigenvalue weighted by atomic mass is 9.89. The number of likely N-dealkylation sites (N-methyl/N-ethyl adjacent to an activating group) is 1. The Hall–Kier alpha value is -8.52. The van der Waals surface area contributed by atoms with E-state index in [1.54, 1.807) is 85.9 Å². The zero-order chi connectivity index (χ0) is 77.8. The van der Waals surface area contributed by atoms with E-state index in [4.69, 9.17) is 24.7 Å². The maximum atomic E-state index is 14.8. The molecule has 1 saturated heterocycles. The maximum Gasteiger partial charge on any atom is 0.408 e. The molecule has 12 atom stereocenters. The van der Waals surface area contributed by atoms with Crippen molar-refractivity contribution >= 4 is 82.5 Å². The molecule has 30 nitrogen and oxygen atoms in total. The van der Waals surface area contributed by atoms with Gasteiger partial charge in [0.1, 0.15) is 46.9 Å². The molecule has 104 heavy (non-hydrogen) atoms. The van der Waals surface area contributed by atoms with Crippen LogP contribution in [0.4, 0.5) is 20.1 Å². The number of carbonyl (C=O) groups is 11. The third-order valence-corrected chi connectivity index (χ3v) is 19.1. The van der Waals surface area contributed by atoms with E-state index in [9.17, 15) is 63.0 Å². The van der Waals surface area contributed by atoms with Crippen LogP contribution in [0.5, 0.6) is 0 Å². The van der Waals surface area contributed by atoms with Crippen molar-refractivity contribution in [1.82, 2.24) is 57.3 Å². The first kappa shape index (κ1) is 87.9. The number of primary amides is 1. The molecule has 0 bridgehead atoms. The highest BCUT2D eigenvalue weighted by atomic mass is 32.1. The van der Waals surface area contributed by atoms with Crippen LogP contribution in [0.25, 0.3) is 0 Å². The fraction of sp³-hybridized carbons (Fsp3) is 0.644. The van der Waals surface area contributed by atoms with Crippen LogP contribution in [0.2, 0.25) is 0 Å². The van der Waals surface area contributed by atoms with Crippen LogP contribution in [-0.2, 0) is 70.3 Å². The minimum absolute atomic E-state index is 0.00313. The Kier molecular flexibility index (Phi) is 35.9. The molecule has 13 N–H and O–H groups in total. The number of amides is 12. The largest absolute Gasteiger partial charge is 0.445 e. The highest BCUT2D eigenvalue weighted by Gasteiger charge is 2.44. The number of aryl methyl sites for hydroxylation is 1. The summed E-state index contributed by atoms with van der Waals surface area (Å²) >= 11 is 1.46. The summed E-state index contributed by atoms with van der Waals surface area (Å²) in [5.74, 6) is -6.76. The van der Waals surface area contributed by atoms with Crippen molar-refractivity contribution in [3.05, 3.63) is 81.8 Å². The molecule has 12 amide bonds. The Morgan fingerprint density at radius 3 is 1.98 bits per heavy atom. The molecule has 1 fully saturated rings. The number of aliphatic hydroxyl groups is 2. The molecule has 3 aromatic rings. The number of methoxy groups -OCH3 is 2. The molecule has 1 aromatic heterocycles. The standard InChI is InChI=1S/C73H115N13O17S/c1-17-45(7)59(55(100-15)39-56(89)86-35-22-27-53(86)60(101-16)46(8)61(90)81-52(66-75-34-36-104-66)38-48-24-20-23-44(6)37-48)85(14)67(95)58(43(4)5)83-68(96)73(12,13)84-71(99)102-41-47-28-30-49(31-29-47)78-62(91)51(26-21-33-76-69(74)97)80-65(94)57(42(2)3)82-63(92)50(79-64(93)54(88)40-87)25-18-19-32-77-70(98)103-72(9,10)11/h20,23-24,28-31,34,36-37,42-43,45-46,50-55,57-60,87-88H,17-19,21-22,25-27,32-33,35,38-41H2,1-16H3,(H,77,98)(H,78,91)(H,79,93)(H,80,94)(H,81,90)(H,82,92)(H,83,96)(H,84,99)(H3,74,76,97)/t45-,46+,50-,51-,52-,53-,54-,55+,57-,58-,59-,60+/m0/s1. The number of likely N-dealkylation sites (tertiary alicyclic amines) is 1. The second-order valence-electron chi connectivity index (χ2n) is 28.8. The molecule has 0 saturated carbocycles. The predicted molar refractivity (Wildman–Crippen MR) is 392 cm³/mol. The van der Waals surface area contributed by atoms with Crippen molar-refractivity contribution in [2.45, 2.75) is 233 Å². The Labute approximate surface area is 615 Å². The number of benzene rings is 2. The fourth-order valence-electron chi connectivity index (χ4n) is 12.2. The van der Waals surface area contributed by atoms with Gasteiger partial charge in [0.25, 0.3) is 5.91 Å². The number of carbonyl (C=O) groups excluding carboxylic acids is 11. The number of aliphatic hydroxyl groups excluding tert-OH is 2. The van der Waals surface area contributed by atoms with E-state index in [0.717, 1.165) is 16.1 Å². The van der Waals surface area contributed by atoms with Crippen molar-refractivity contribution < 1.29 is 81.9 Å². The SMILES string of the molecule is CC[C@H](C)[C@@H]([C@@H](CC(=O)N1CCC[C@H]1[C@H](OC)[C@@H](C)C(=O)N[C@@H](Cc1cccc(C)c1)c1nccs1)OC)N(C)C(=O)[C@@H](NC(=O)C(C)(C)NC(=O)OCc1ccc(NC(=O)[C@H](CCCNC(N)=O)NC(=O)[C@@H](NC(=O)[C@H](CCCCNC(=O)OC(C)(C)C)NC(=O)[C@@H](O)CO)C(C)C)cc1)C(C)C. The van der Waals surface area contributed by atoms with Gasteiger partial charge in [-0.25, -0.2) is 19.4 Å². The summed E-state index contributed by atoms with van der Waals surface area (Å²) in [5.41, 5.74) is 5.81. The predicted octanol–water partition coefficient (Wildman–Crippen LogP) is 5.16. The smallest absolute Gasteiger partial charge is 0.408 e. The van der Waals surface area contributed by atoms with Gasteiger partial charge in [0.2, 0.25) is 41.4 Å². The summed E-state index contributed by atoms with van der Waals surface area (Å²) in [4.78, 5) is 157. The van der Waals surface area contributed by atoms with E-state index in [2.05, 4.69) is 58.9 Å². The number of anilines is 1. The summed E-state index contributed by atoms with van der Waals surface area (Å²) in [6.07, 6.45) is -0.0589. The second kappa shape index (κ2) is 42.4. The minimum Gasteiger partial charge on any atom is -0.445 e. The van der Waals surface area contributed by atoms with Crippen molar-refractivity contribution in [3.63, 3.8) is 0 Å². The van der Waals surface area contributed by atoms with Gasteiger partial charge in [-0.3, -0.25) is 38.4 Å². The van der Waals surface area contributed by atoms with E-state index < -0.39 is 144 Å². The molecule has 0 unspecified atom stereocenters. The van der Waals surface area contributed by atoms with Gasteiger partial charge in [-0.15, -0.1) is 11.3 Å². The van der Waals surface area contributed by atoms with Gasteiger partial charge in [-0.2, -0.15) is 0 Å². The third kappa shape index (κ3) is 28.2. The van der Waals surface area contributed by atoms with Crippen LogP contribution >= 0.6 is 11.3 Å². The number of hydrogen-bond donors (Lipinski definition) is 12. The van der Waals surface area contributed by atoms with E-state index in [1.807, 2.05) is 51.3 Å². The number of nitrogens with two attached hydrogens (primary N) is 1. The lowest BCUT2D eigenvalue weighted by molar-refractivity contribution is -0.148. The molecule has 580 valence electrons. The van der Waals surface area contributed by atoms with Gasteiger partial charge in [-0.1, -0.05) is 96.8 Å². The molecule has 0 radical (unpaired) electrons. The van der Waals surface area contributed by atoms with E-state index in [-0.39, 0.29) is 81.3 Å². The number of unbranched alkanes of at least 4 members (excludes halogenated alkanes) is 1. The fourth-order valence-corrected chi connectivity index (χ4v) is 12.9. The first-order chi connectivity index (χ1) is 48.9. The number of urea groups is 1. The Bertz CT molecular complexity index is 3300. The number of nitrogens with zero attached hydrogens (tertiary/aromatic N) is 3. The minimum atomic E-state index is -1.85. The Morgan fingerprint density at radius 1 is 0.750 bits per heavy atom. The molecule has 2 aromatic carbocycles. The van der Waals surface area contributed by atoms with Crippen molar-refractivity contribution in [3.8, 4) is 0 Å². The first-order valence-electron chi connectivity index (χ1n) is 35.7. The molecule has 1 aliphatic heterocycles. The molecule has 4 rings (SSSR count). The zero-order valence-electron chi connectivity index (χ0n) is 63.3. The van der Waals surface area contributed by atoms with Crippen LogP contribution in [0.15, 0.2) is 60.1 Å². The van der Waals surface area contributed by atoms with Gasteiger partial charge in [0.05, 0.1) is 49.3 Å². The Balaban J connectivity index is 1.39. The molecule has 1 aliphatic rings. The number of thiazole rings is 1. The molecule has 0 spiro atoms. The van der Waals surface area contributed by atoms with Crippen LogP contribution in [-0.4, -0.2) is 204 Å². The van der Waals surface area contributed by atoms with E-state index in [0.29, 0.717) is 44.2 Å². The zero-order valence-corrected chi connectivity index (χ0v) is 64.1. The number of nitrogens with one attached hydrogen (secondary N) is 9. The number of ether oxygens (including phenoxy) is 4. The average Bonchev–Trinajstić information content (AvgIpc) is 1.27. The number of hydrogen-bond acceptors (Lipinski definition) is 19. The topological polar surface area (TPSA) is 419 Å². The van der Waals surface area contributed by atoms with Crippen molar-refractivity contribution in [1.29, 1.82) is 0 Å². The maximum absolute atomic E-state index is 14.8. The van der Waals surface area contributed by atoms with Crippen LogP contribution in [0.3, 0.4) is 0 Å². The van der Waals surface area contributed by atoms with Crippen LogP contribution in [0.1, 0.15) is 169 Å². The van der Waals surface area contributed by atoms with E-state index in [1.165, 1.54) is 49.3 Å².